The van der Waals surface area contributed by atoms with E-state index >= 15 is 0 Å². The third-order valence-electron chi connectivity index (χ3n) is 1.31. The molecule has 5 heteroatoms. The number of hydrogen-bond acceptors (Lipinski definition) is 3. The van der Waals surface area contributed by atoms with E-state index in [0.717, 1.165) is 0 Å². The Bertz CT molecular complexity index is 384. The van der Waals surface area contributed by atoms with Gasteiger partial charge in [-0.3, -0.25) is 4.79 Å². The van der Waals surface area contributed by atoms with E-state index in [1.165, 1.54) is 6.07 Å². The highest BCUT2D eigenvalue weighted by Crippen LogP contribution is 2.08. The Morgan fingerprint density at radius 1 is 1.69 bits per heavy atom. The molecule has 1 N–H and O–H groups in total. The van der Waals surface area contributed by atoms with Crippen LogP contribution in [0.3, 0.4) is 0 Å². The monoisotopic (exact) mass is 288 g/mol. The zero-order chi connectivity index (χ0) is 9.84. The largest absolute Gasteiger partial charge is 0.481 e. The van der Waals surface area contributed by atoms with Gasteiger partial charge in [-0.1, -0.05) is 0 Å². The molecule has 0 amide bonds. The van der Waals surface area contributed by atoms with Crippen molar-refractivity contribution >= 4 is 28.6 Å². The molecular weight excluding hydrogens is 283 g/mol. The van der Waals surface area contributed by atoms with Crippen molar-refractivity contribution in [2.24, 2.45) is 0 Å². The highest BCUT2D eigenvalue weighted by molar-refractivity contribution is 14.1. The summed E-state index contributed by atoms with van der Waals surface area (Å²) in [6, 6.07) is 5.03. The van der Waals surface area contributed by atoms with Crippen molar-refractivity contribution in [1.29, 1.82) is 5.26 Å². The summed E-state index contributed by atoms with van der Waals surface area (Å²) in [5.41, 5.74) is 0.853. The average molecular weight is 288 g/mol. The van der Waals surface area contributed by atoms with Crippen LogP contribution in [-0.4, -0.2) is 16.1 Å². The van der Waals surface area contributed by atoms with Gasteiger partial charge in [-0.15, -0.1) is 0 Å². The molecule has 0 atom stereocenters. The first-order valence-corrected chi connectivity index (χ1v) is 4.48. The van der Waals surface area contributed by atoms with Gasteiger partial charge in [-0.05, 0) is 34.7 Å². The molecule has 13 heavy (non-hydrogen) atoms. The molecule has 0 radical (unpaired) electrons. The van der Waals surface area contributed by atoms with Gasteiger partial charge in [-0.2, -0.15) is 5.26 Å². The predicted molar refractivity (Wildman–Crippen MR) is 53.0 cm³/mol. The maximum Gasteiger partial charge on any atom is 0.309 e. The Hall–Kier alpha value is -1.16. The van der Waals surface area contributed by atoms with Crippen LogP contribution in [0.2, 0.25) is 0 Å². The molecular formula is C8H5IN2O2. The minimum atomic E-state index is -0.946. The third-order valence-corrected chi connectivity index (χ3v) is 1.86. The molecule has 0 fully saturated rings. The number of pyridine rings is 1. The zero-order valence-electron chi connectivity index (χ0n) is 6.49. The summed E-state index contributed by atoms with van der Waals surface area (Å²) in [6.45, 7) is 0. The summed E-state index contributed by atoms with van der Waals surface area (Å²) < 4.78 is 0.632. The Morgan fingerprint density at radius 2 is 2.38 bits per heavy atom. The Balaban J connectivity index is 3.03. The van der Waals surface area contributed by atoms with Crippen LogP contribution in [0.5, 0.6) is 0 Å². The van der Waals surface area contributed by atoms with Crippen LogP contribution >= 0.6 is 22.6 Å². The first-order chi connectivity index (χ1) is 6.11. The molecule has 66 valence electrons. The minimum absolute atomic E-state index is 0.147. The van der Waals surface area contributed by atoms with Gasteiger partial charge in [0.2, 0.25) is 0 Å². The second-order valence-corrected chi connectivity index (χ2v) is 3.46. The smallest absolute Gasteiger partial charge is 0.309 e. The van der Waals surface area contributed by atoms with Crippen LogP contribution in [0, 0.1) is 15.0 Å². The van der Waals surface area contributed by atoms with Gasteiger partial charge in [0.15, 0.2) is 0 Å². The van der Waals surface area contributed by atoms with Gasteiger partial charge in [0.05, 0.1) is 23.7 Å². The van der Waals surface area contributed by atoms with Crippen LogP contribution in [-0.2, 0) is 11.2 Å². The Labute approximate surface area is 88.4 Å². The van der Waals surface area contributed by atoms with Crippen molar-refractivity contribution in [3.8, 4) is 6.07 Å². The van der Waals surface area contributed by atoms with Crippen LogP contribution in [0.1, 0.15) is 11.3 Å². The van der Waals surface area contributed by atoms with E-state index in [2.05, 4.69) is 4.98 Å². The van der Waals surface area contributed by atoms with Gasteiger partial charge in [0.1, 0.15) is 3.70 Å². The number of carboxylic acids is 1. The van der Waals surface area contributed by atoms with Crippen molar-refractivity contribution in [1.82, 2.24) is 4.98 Å². The number of aromatic nitrogens is 1. The molecule has 1 aromatic rings. The van der Waals surface area contributed by atoms with E-state index in [9.17, 15) is 4.79 Å². The molecule has 0 aliphatic heterocycles. The van der Waals surface area contributed by atoms with Crippen molar-refractivity contribution in [3.63, 3.8) is 0 Å². The normalized spacial score (nSPS) is 9.23. The number of carboxylic acid groups (broad SMARTS) is 1. The van der Waals surface area contributed by atoms with E-state index < -0.39 is 5.97 Å². The molecule has 0 aliphatic carbocycles. The lowest BCUT2D eigenvalue weighted by molar-refractivity contribution is -0.136. The van der Waals surface area contributed by atoms with Crippen molar-refractivity contribution < 1.29 is 9.90 Å². The van der Waals surface area contributed by atoms with Gasteiger partial charge in [0.25, 0.3) is 0 Å². The van der Waals surface area contributed by atoms with Gasteiger partial charge in [-0.25, -0.2) is 4.98 Å². The van der Waals surface area contributed by atoms with Crippen molar-refractivity contribution in [3.05, 3.63) is 27.1 Å². The average Bonchev–Trinajstić information content (AvgIpc) is 2.01. The van der Waals surface area contributed by atoms with E-state index in [4.69, 9.17) is 10.4 Å². The second-order valence-electron chi connectivity index (χ2n) is 2.35. The van der Waals surface area contributed by atoms with Gasteiger partial charge < -0.3 is 5.11 Å². The number of nitriles is 1. The fraction of sp³-hybridized carbons (Fsp3) is 0.125. The molecule has 0 unspecified atom stereocenters. The first-order valence-electron chi connectivity index (χ1n) is 3.40. The molecule has 1 rings (SSSR count). The van der Waals surface area contributed by atoms with Crippen LogP contribution in [0.25, 0.3) is 0 Å². The summed E-state index contributed by atoms with van der Waals surface area (Å²) in [5, 5.41) is 17.1. The van der Waals surface area contributed by atoms with E-state index in [-0.39, 0.29) is 6.42 Å². The summed E-state index contributed by atoms with van der Waals surface area (Å²) >= 11 is 1.95. The fourth-order valence-electron chi connectivity index (χ4n) is 0.861. The van der Waals surface area contributed by atoms with Gasteiger partial charge in [0, 0.05) is 0 Å². The van der Waals surface area contributed by atoms with Crippen molar-refractivity contribution in [2.45, 2.75) is 6.42 Å². The SMILES string of the molecule is N#Cc1cc(I)nc(CC(=O)O)c1. The highest BCUT2D eigenvalue weighted by atomic mass is 127. The standard InChI is InChI=1S/C8H5IN2O2/c9-7-2-5(4-10)1-6(11-7)3-8(12)13/h1-2H,3H2,(H,12,13). The molecule has 1 aromatic heterocycles. The summed E-state index contributed by atoms with van der Waals surface area (Å²) in [7, 11) is 0. The lowest BCUT2D eigenvalue weighted by atomic mass is 10.2. The number of hydrogen-bond donors (Lipinski definition) is 1. The minimum Gasteiger partial charge on any atom is -0.481 e. The lowest BCUT2D eigenvalue weighted by Crippen LogP contribution is -2.03. The van der Waals surface area contributed by atoms with E-state index in [1.54, 1.807) is 6.07 Å². The Morgan fingerprint density at radius 3 is 2.92 bits per heavy atom. The lowest BCUT2D eigenvalue weighted by Gasteiger charge is -1.97. The molecule has 0 aliphatic rings. The highest BCUT2D eigenvalue weighted by Gasteiger charge is 2.04. The maximum absolute atomic E-state index is 10.4. The molecule has 4 nitrogen and oxygen atoms in total. The summed E-state index contributed by atoms with van der Waals surface area (Å²) in [5.74, 6) is -0.946. The zero-order valence-corrected chi connectivity index (χ0v) is 8.65. The van der Waals surface area contributed by atoms with E-state index in [1.807, 2.05) is 28.7 Å². The van der Waals surface area contributed by atoms with Crippen LogP contribution < -0.4 is 0 Å². The van der Waals surface area contributed by atoms with E-state index in [0.29, 0.717) is 15.0 Å². The number of aliphatic carboxylic acids is 1. The molecule has 0 saturated carbocycles. The number of halogens is 1. The fourth-order valence-corrected chi connectivity index (χ4v) is 1.51. The third kappa shape index (κ3) is 2.99. The second kappa shape index (κ2) is 4.18. The number of carbonyl (C=O) groups is 1. The molecule has 0 aromatic carbocycles. The van der Waals surface area contributed by atoms with Crippen LogP contribution in [0.15, 0.2) is 12.1 Å². The summed E-state index contributed by atoms with van der Waals surface area (Å²) in [4.78, 5) is 14.3. The van der Waals surface area contributed by atoms with Gasteiger partial charge >= 0.3 is 5.97 Å². The number of rotatable bonds is 2. The van der Waals surface area contributed by atoms with Crippen LogP contribution in [0.4, 0.5) is 0 Å². The quantitative estimate of drug-likeness (QED) is 0.655. The molecule has 0 saturated heterocycles. The predicted octanol–water partition coefficient (Wildman–Crippen LogP) is 1.18. The molecule has 0 bridgehead atoms. The molecule has 1 heterocycles. The maximum atomic E-state index is 10.4. The topological polar surface area (TPSA) is 74.0 Å². The summed E-state index contributed by atoms with van der Waals surface area (Å²) in [6.07, 6.45) is -0.147. The van der Waals surface area contributed by atoms with Crippen molar-refractivity contribution in [2.75, 3.05) is 0 Å². The first kappa shape index (κ1) is 9.92. The Kier molecular flexibility index (Phi) is 3.19. The molecule has 0 spiro atoms. The number of nitrogens with zero attached hydrogens (tertiary/aromatic N) is 2.